The third-order valence-electron chi connectivity index (χ3n) is 2.70. The predicted molar refractivity (Wildman–Crippen MR) is 77.9 cm³/mol. The number of anilines is 1. The highest BCUT2D eigenvalue weighted by Gasteiger charge is 2.06. The molecule has 4 nitrogen and oxygen atoms in total. The van der Waals surface area contributed by atoms with Crippen LogP contribution >= 0.6 is 0 Å². The minimum atomic E-state index is -0.499. The van der Waals surface area contributed by atoms with E-state index < -0.39 is 6.10 Å². The lowest BCUT2D eigenvalue weighted by molar-refractivity contribution is 0.0318. The minimum absolute atomic E-state index is 0.361. The van der Waals surface area contributed by atoms with E-state index in [1.54, 1.807) is 7.11 Å². The van der Waals surface area contributed by atoms with E-state index in [9.17, 15) is 5.11 Å². The normalized spacial score (nSPS) is 12.5. The van der Waals surface area contributed by atoms with Crippen LogP contribution in [-0.2, 0) is 4.74 Å². The monoisotopic (exact) mass is 267 g/mol. The van der Waals surface area contributed by atoms with Gasteiger partial charge < -0.3 is 19.9 Å². The molecule has 0 saturated carbocycles. The first-order valence-corrected chi connectivity index (χ1v) is 6.67. The lowest BCUT2D eigenvalue weighted by Crippen LogP contribution is -2.25. The quantitative estimate of drug-likeness (QED) is 0.759. The standard InChI is InChI=1S/C15H25NO3/c1-11(2)9-19-10-14(17)8-16-13-5-6-15(18-4)12(3)7-13/h5-7,11,14,16-17H,8-10H2,1-4H3. The van der Waals surface area contributed by atoms with E-state index in [1.165, 1.54) is 0 Å². The van der Waals surface area contributed by atoms with Crippen molar-refractivity contribution in [3.63, 3.8) is 0 Å². The predicted octanol–water partition coefficient (Wildman–Crippen LogP) is 2.45. The average Bonchev–Trinajstić information content (AvgIpc) is 2.36. The van der Waals surface area contributed by atoms with Crippen molar-refractivity contribution in [2.24, 2.45) is 5.92 Å². The first-order valence-electron chi connectivity index (χ1n) is 6.67. The molecule has 0 heterocycles. The topological polar surface area (TPSA) is 50.7 Å². The third kappa shape index (κ3) is 5.94. The van der Waals surface area contributed by atoms with Crippen molar-refractivity contribution in [2.45, 2.75) is 26.9 Å². The van der Waals surface area contributed by atoms with Gasteiger partial charge in [0.2, 0.25) is 0 Å². The number of benzene rings is 1. The van der Waals surface area contributed by atoms with Gasteiger partial charge in [-0.05, 0) is 36.6 Å². The first kappa shape index (κ1) is 15.8. The molecule has 4 heteroatoms. The molecular formula is C15H25NO3. The van der Waals surface area contributed by atoms with Gasteiger partial charge in [0.1, 0.15) is 5.75 Å². The Morgan fingerprint density at radius 1 is 1.26 bits per heavy atom. The number of aryl methyl sites for hydroxylation is 1. The zero-order valence-electron chi connectivity index (χ0n) is 12.3. The van der Waals surface area contributed by atoms with E-state index in [1.807, 2.05) is 25.1 Å². The lowest BCUT2D eigenvalue weighted by Gasteiger charge is -2.15. The van der Waals surface area contributed by atoms with E-state index >= 15 is 0 Å². The maximum atomic E-state index is 9.78. The van der Waals surface area contributed by atoms with E-state index in [0.717, 1.165) is 17.0 Å². The zero-order valence-corrected chi connectivity index (χ0v) is 12.3. The number of rotatable bonds is 8. The molecule has 0 aliphatic heterocycles. The van der Waals surface area contributed by atoms with Crippen LogP contribution in [0.5, 0.6) is 5.75 Å². The van der Waals surface area contributed by atoms with E-state index in [-0.39, 0.29) is 0 Å². The molecule has 1 rings (SSSR count). The maximum Gasteiger partial charge on any atom is 0.121 e. The number of ether oxygens (including phenoxy) is 2. The van der Waals surface area contributed by atoms with Crippen molar-refractivity contribution in [3.8, 4) is 5.75 Å². The van der Waals surface area contributed by atoms with Crippen LogP contribution < -0.4 is 10.1 Å². The molecule has 0 spiro atoms. The van der Waals surface area contributed by atoms with Crippen LogP contribution in [-0.4, -0.2) is 38.1 Å². The SMILES string of the molecule is COc1ccc(NCC(O)COCC(C)C)cc1C. The highest BCUT2D eigenvalue weighted by atomic mass is 16.5. The molecule has 19 heavy (non-hydrogen) atoms. The number of hydrogen-bond donors (Lipinski definition) is 2. The Morgan fingerprint density at radius 2 is 2.00 bits per heavy atom. The van der Waals surface area contributed by atoms with Gasteiger partial charge in [-0.15, -0.1) is 0 Å². The minimum Gasteiger partial charge on any atom is -0.496 e. The van der Waals surface area contributed by atoms with Crippen LogP contribution in [0.2, 0.25) is 0 Å². The Hall–Kier alpha value is -1.26. The third-order valence-corrected chi connectivity index (χ3v) is 2.70. The van der Waals surface area contributed by atoms with Gasteiger partial charge in [0, 0.05) is 18.8 Å². The summed E-state index contributed by atoms with van der Waals surface area (Å²) in [5.41, 5.74) is 2.04. The molecule has 0 aliphatic carbocycles. The van der Waals surface area contributed by atoms with Crippen molar-refractivity contribution in [1.29, 1.82) is 0 Å². The molecule has 0 aliphatic rings. The summed E-state index contributed by atoms with van der Waals surface area (Å²) >= 11 is 0. The fourth-order valence-electron chi connectivity index (χ4n) is 1.72. The molecule has 0 saturated heterocycles. The molecule has 2 N–H and O–H groups in total. The molecule has 1 unspecified atom stereocenters. The summed E-state index contributed by atoms with van der Waals surface area (Å²) in [6.07, 6.45) is -0.499. The fraction of sp³-hybridized carbons (Fsp3) is 0.600. The summed E-state index contributed by atoms with van der Waals surface area (Å²) < 4.78 is 10.6. The Morgan fingerprint density at radius 3 is 2.58 bits per heavy atom. The fourth-order valence-corrected chi connectivity index (χ4v) is 1.72. The molecule has 1 atom stereocenters. The van der Waals surface area contributed by atoms with Crippen LogP contribution in [0.4, 0.5) is 5.69 Å². The zero-order chi connectivity index (χ0) is 14.3. The summed E-state index contributed by atoms with van der Waals surface area (Å²) in [4.78, 5) is 0. The molecular weight excluding hydrogens is 242 g/mol. The van der Waals surface area contributed by atoms with Gasteiger partial charge in [-0.3, -0.25) is 0 Å². The van der Waals surface area contributed by atoms with E-state index in [0.29, 0.717) is 25.7 Å². The van der Waals surface area contributed by atoms with E-state index in [2.05, 4.69) is 19.2 Å². The van der Waals surface area contributed by atoms with E-state index in [4.69, 9.17) is 9.47 Å². The Labute approximate surface area is 115 Å². The number of methoxy groups -OCH3 is 1. The van der Waals surface area contributed by atoms with Crippen molar-refractivity contribution >= 4 is 5.69 Å². The van der Waals surface area contributed by atoms with Crippen molar-refractivity contribution in [2.75, 3.05) is 32.2 Å². The van der Waals surface area contributed by atoms with Crippen LogP contribution in [0.1, 0.15) is 19.4 Å². The largest absolute Gasteiger partial charge is 0.496 e. The first-order chi connectivity index (χ1) is 9.02. The Bertz CT molecular complexity index is 380. The second-order valence-electron chi connectivity index (χ2n) is 5.15. The molecule has 0 fully saturated rings. The van der Waals surface area contributed by atoms with Crippen LogP contribution in [0, 0.1) is 12.8 Å². The van der Waals surface area contributed by atoms with Crippen LogP contribution in [0.15, 0.2) is 18.2 Å². The number of aliphatic hydroxyl groups is 1. The molecule has 0 bridgehead atoms. The summed E-state index contributed by atoms with van der Waals surface area (Å²) in [7, 11) is 1.66. The summed E-state index contributed by atoms with van der Waals surface area (Å²) in [6, 6.07) is 5.85. The molecule has 108 valence electrons. The van der Waals surface area contributed by atoms with Gasteiger partial charge in [0.05, 0.1) is 19.8 Å². The highest BCUT2D eigenvalue weighted by Crippen LogP contribution is 2.21. The number of nitrogens with one attached hydrogen (secondary N) is 1. The molecule has 0 aromatic heterocycles. The molecule has 1 aromatic rings. The average molecular weight is 267 g/mol. The van der Waals surface area contributed by atoms with Gasteiger partial charge in [-0.25, -0.2) is 0 Å². The van der Waals surface area contributed by atoms with Gasteiger partial charge >= 0.3 is 0 Å². The highest BCUT2D eigenvalue weighted by molar-refractivity contribution is 5.50. The smallest absolute Gasteiger partial charge is 0.121 e. The summed E-state index contributed by atoms with van der Waals surface area (Å²) in [6.45, 7) is 7.69. The van der Waals surface area contributed by atoms with Gasteiger partial charge in [-0.1, -0.05) is 13.8 Å². The van der Waals surface area contributed by atoms with Crippen LogP contribution in [0.25, 0.3) is 0 Å². The second kappa shape index (κ2) is 8.02. The summed E-state index contributed by atoms with van der Waals surface area (Å²) in [5, 5.41) is 13.0. The van der Waals surface area contributed by atoms with Gasteiger partial charge in [-0.2, -0.15) is 0 Å². The maximum absolute atomic E-state index is 9.78. The molecule has 1 aromatic carbocycles. The Balaban J connectivity index is 2.33. The number of aliphatic hydroxyl groups excluding tert-OH is 1. The molecule has 0 radical (unpaired) electrons. The molecule has 0 amide bonds. The second-order valence-corrected chi connectivity index (χ2v) is 5.15. The Kier molecular flexibility index (Phi) is 6.67. The van der Waals surface area contributed by atoms with Gasteiger partial charge in [0.25, 0.3) is 0 Å². The number of hydrogen-bond acceptors (Lipinski definition) is 4. The van der Waals surface area contributed by atoms with Crippen LogP contribution in [0.3, 0.4) is 0 Å². The van der Waals surface area contributed by atoms with Crippen molar-refractivity contribution in [3.05, 3.63) is 23.8 Å². The summed E-state index contributed by atoms with van der Waals surface area (Å²) in [5.74, 6) is 1.36. The van der Waals surface area contributed by atoms with Gasteiger partial charge in [0.15, 0.2) is 0 Å². The van der Waals surface area contributed by atoms with Crippen molar-refractivity contribution in [1.82, 2.24) is 0 Å². The van der Waals surface area contributed by atoms with Crippen molar-refractivity contribution < 1.29 is 14.6 Å². The lowest BCUT2D eigenvalue weighted by atomic mass is 10.2.